The van der Waals surface area contributed by atoms with E-state index in [0.717, 1.165) is 16.7 Å². The summed E-state index contributed by atoms with van der Waals surface area (Å²) in [6, 6.07) is 21.9. The molecule has 2 N–H and O–H groups in total. The van der Waals surface area contributed by atoms with E-state index in [0.29, 0.717) is 29.1 Å². The van der Waals surface area contributed by atoms with E-state index < -0.39 is 0 Å². The lowest BCUT2D eigenvalue weighted by Crippen LogP contribution is -2.12. The summed E-state index contributed by atoms with van der Waals surface area (Å²) >= 11 is 1.50. The van der Waals surface area contributed by atoms with Gasteiger partial charge in [0.15, 0.2) is 5.82 Å². The van der Waals surface area contributed by atoms with Gasteiger partial charge in [-0.2, -0.15) is 0 Å². The van der Waals surface area contributed by atoms with E-state index in [1.54, 1.807) is 7.11 Å². The van der Waals surface area contributed by atoms with Crippen LogP contribution in [0, 0.1) is 0 Å². The van der Waals surface area contributed by atoms with Crippen molar-refractivity contribution in [1.29, 1.82) is 0 Å². The molecule has 7 heteroatoms. The summed E-state index contributed by atoms with van der Waals surface area (Å²) in [5, 5.41) is 11.4. The predicted octanol–water partition coefficient (Wildman–Crippen LogP) is 3.99. The fourth-order valence-electron chi connectivity index (χ4n) is 2.94. The van der Waals surface area contributed by atoms with E-state index in [-0.39, 0.29) is 0 Å². The standard InChI is InChI=1S/C21H20N4O2S/c1-26-19-9-5-4-8-18(19)20-23-24-21(25(20)22)28-13-12-27-17-11-10-15-6-2-3-7-16(15)14-17/h2-11,14H,12-13,22H2,1H3. The molecule has 0 aliphatic carbocycles. The van der Waals surface area contributed by atoms with Crippen molar-refractivity contribution < 1.29 is 9.47 Å². The van der Waals surface area contributed by atoms with Crippen molar-refractivity contribution in [3.63, 3.8) is 0 Å². The van der Waals surface area contributed by atoms with Crippen molar-refractivity contribution in [3.05, 3.63) is 66.7 Å². The molecule has 0 saturated carbocycles. The first-order chi connectivity index (χ1) is 13.8. The Hall–Kier alpha value is -3.19. The van der Waals surface area contributed by atoms with Gasteiger partial charge >= 0.3 is 0 Å². The fraction of sp³-hybridized carbons (Fsp3) is 0.143. The van der Waals surface area contributed by atoms with Crippen LogP contribution in [0.25, 0.3) is 22.2 Å². The molecule has 0 amide bonds. The van der Waals surface area contributed by atoms with Crippen molar-refractivity contribution in [2.45, 2.75) is 5.16 Å². The molecule has 0 saturated heterocycles. The maximum Gasteiger partial charge on any atom is 0.210 e. The third-order valence-electron chi connectivity index (χ3n) is 4.32. The normalized spacial score (nSPS) is 10.9. The second-order valence-electron chi connectivity index (χ2n) is 6.08. The summed E-state index contributed by atoms with van der Waals surface area (Å²) in [7, 11) is 1.62. The van der Waals surface area contributed by atoms with Gasteiger partial charge in [-0.25, -0.2) is 4.68 Å². The first kappa shape index (κ1) is 18.2. The number of thioether (sulfide) groups is 1. The second-order valence-corrected chi connectivity index (χ2v) is 7.14. The van der Waals surface area contributed by atoms with Gasteiger partial charge in [0.2, 0.25) is 5.16 Å². The first-order valence-corrected chi connectivity index (χ1v) is 9.83. The van der Waals surface area contributed by atoms with Crippen LogP contribution in [-0.2, 0) is 0 Å². The maximum absolute atomic E-state index is 6.19. The first-order valence-electron chi connectivity index (χ1n) is 8.84. The smallest absolute Gasteiger partial charge is 0.210 e. The molecule has 142 valence electrons. The van der Waals surface area contributed by atoms with Crippen LogP contribution < -0.4 is 15.3 Å². The van der Waals surface area contributed by atoms with Gasteiger partial charge in [0.1, 0.15) is 11.5 Å². The van der Waals surface area contributed by atoms with Crippen molar-refractivity contribution in [3.8, 4) is 22.9 Å². The van der Waals surface area contributed by atoms with Crippen molar-refractivity contribution in [2.24, 2.45) is 0 Å². The number of fused-ring (bicyclic) bond motifs is 1. The van der Waals surface area contributed by atoms with Crippen LogP contribution in [0.15, 0.2) is 71.9 Å². The Morgan fingerprint density at radius 2 is 1.75 bits per heavy atom. The Morgan fingerprint density at radius 3 is 2.61 bits per heavy atom. The molecule has 4 rings (SSSR count). The van der Waals surface area contributed by atoms with Gasteiger partial charge < -0.3 is 15.3 Å². The van der Waals surface area contributed by atoms with Crippen LogP contribution in [0.5, 0.6) is 11.5 Å². The van der Waals surface area contributed by atoms with Gasteiger partial charge in [-0.15, -0.1) is 10.2 Å². The quantitative estimate of drug-likeness (QED) is 0.291. The molecule has 0 aliphatic rings. The van der Waals surface area contributed by atoms with Crippen molar-refractivity contribution in [2.75, 3.05) is 25.3 Å². The Balaban J connectivity index is 1.38. The number of nitrogens with two attached hydrogens (primary N) is 1. The molecular formula is C21H20N4O2S. The number of nitrogen functional groups attached to an aromatic ring is 1. The number of nitrogens with zero attached hydrogens (tertiary/aromatic N) is 3. The molecule has 28 heavy (non-hydrogen) atoms. The van der Waals surface area contributed by atoms with Gasteiger partial charge in [0.05, 0.1) is 19.3 Å². The number of para-hydroxylation sites is 1. The topological polar surface area (TPSA) is 75.2 Å². The molecular weight excluding hydrogens is 372 g/mol. The number of hydrogen-bond donors (Lipinski definition) is 1. The molecule has 0 bridgehead atoms. The zero-order valence-electron chi connectivity index (χ0n) is 15.4. The van der Waals surface area contributed by atoms with Crippen LogP contribution in [0.1, 0.15) is 0 Å². The van der Waals surface area contributed by atoms with Crippen LogP contribution in [0.3, 0.4) is 0 Å². The van der Waals surface area contributed by atoms with Gasteiger partial charge in [0.25, 0.3) is 0 Å². The van der Waals surface area contributed by atoms with Gasteiger partial charge in [0, 0.05) is 5.75 Å². The molecule has 0 fully saturated rings. The summed E-state index contributed by atoms with van der Waals surface area (Å²) in [5.41, 5.74) is 0.805. The zero-order valence-corrected chi connectivity index (χ0v) is 16.2. The van der Waals surface area contributed by atoms with E-state index in [1.807, 2.05) is 48.5 Å². The van der Waals surface area contributed by atoms with Crippen LogP contribution in [0.4, 0.5) is 0 Å². The lowest BCUT2D eigenvalue weighted by atomic mass is 10.1. The summed E-state index contributed by atoms with van der Waals surface area (Å²) in [4.78, 5) is 0. The number of aromatic nitrogens is 3. The van der Waals surface area contributed by atoms with Gasteiger partial charge in [-0.3, -0.25) is 0 Å². The molecule has 4 aromatic rings. The molecule has 1 heterocycles. The third kappa shape index (κ3) is 3.75. The number of benzene rings is 3. The van der Waals surface area contributed by atoms with E-state index in [2.05, 4.69) is 28.4 Å². The minimum absolute atomic E-state index is 0.542. The van der Waals surface area contributed by atoms with Gasteiger partial charge in [-0.1, -0.05) is 54.2 Å². The monoisotopic (exact) mass is 392 g/mol. The number of methoxy groups -OCH3 is 1. The Bertz CT molecular complexity index is 1100. The summed E-state index contributed by atoms with van der Waals surface area (Å²) < 4.78 is 12.7. The Morgan fingerprint density at radius 1 is 0.964 bits per heavy atom. The molecule has 3 aromatic carbocycles. The second kappa shape index (κ2) is 8.22. The largest absolute Gasteiger partial charge is 0.496 e. The average Bonchev–Trinajstić information content (AvgIpc) is 3.11. The minimum atomic E-state index is 0.542. The lowest BCUT2D eigenvalue weighted by molar-refractivity contribution is 0.344. The number of hydrogen-bond acceptors (Lipinski definition) is 6. The molecule has 6 nitrogen and oxygen atoms in total. The van der Waals surface area contributed by atoms with Crippen molar-refractivity contribution in [1.82, 2.24) is 14.9 Å². The van der Waals surface area contributed by atoms with Crippen LogP contribution >= 0.6 is 11.8 Å². The third-order valence-corrected chi connectivity index (χ3v) is 5.22. The summed E-state index contributed by atoms with van der Waals surface area (Å²) in [6.45, 7) is 0.542. The van der Waals surface area contributed by atoms with E-state index in [9.17, 15) is 0 Å². The molecule has 0 spiro atoms. The lowest BCUT2D eigenvalue weighted by Gasteiger charge is -2.08. The molecule has 0 aliphatic heterocycles. The summed E-state index contributed by atoms with van der Waals surface area (Å²) in [5.74, 6) is 9.01. The highest BCUT2D eigenvalue weighted by Gasteiger charge is 2.15. The maximum atomic E-state index is 6.19. The molecule has 0 radical (unpaired) electrons. The van der Waals surface area contributed by atoms with Crippen LogP contribution in [0.2, 0.25) is 0 Å². The fourth-order valence-corrected chi connectivity index (χ4v) is 3.61. The number of rotatable bonds is 7. The predicted molar refractivity (Wildman–Crippen MR) is 112 cm³/mol. The molecule has 0 unspecified atom stereocenters. The van der Waals surface area contributed by atoms with Crippen molar-refractivity contribution >= 4 is 22.5 Å². The highest BCUT2D eigenvalue weighted by atomic mass is 32.2. The highest BCUT2D eigenvalue weighted by molar-refractivity contribution is 7.99. The average molecular weight is 392 g/mol. The number of ether oxygens (including phenoxy) is 2. The van der Waals surface area contributed by atoms with E-state index >= 15 is 0 Å². The van der Waals surface area contributed by atoms with E-state index in [4.69, 9.17) is 15.3 Å². The highest BCUT2D eigenvalue weighted by Crippen LogP contribution is 2.29. The van der Waals surface area contributed by atoms with E-state index in [1.165, 1.54) is 21.8 Å². The zero-order chi connectivity index (χ0) is 19.3. The van der Waals surface area contributed by atoms with Gasteiger partial charge in [-0.05, 0) is 35.0 Å². The summed E-state index contributed by atoms with van der Waals surface area (Å²) in [6.07, 6.45) is 0. The SMILES string of the molecule is COc1ccccc1-c1nnc(SCCOc2ccc3ccccc3c2)n1N. The molecule has 1 aromatic heterocycles. The molecule has 0 atom stereocenters. The Kier molecular flexibility index (Phi) is 5.34. The van der Waals surface area contributed by atoms with Crippen LogP contribution in [-0.4, -0.2) is 34.3 Å². The Labute approximate surface area is 167 Å². The minimum Gasteiger partial charge on any atom is -0.496 e.